The Morgan fingerprint density at radius 2 is 2.23 bits per heavy atom. The van der Waals surface area contributed by atoms with Gasteiger partial charge in [-0.25, -0.2) is 9.37 Å². The predicted molar refractivity (Wildman–Crippen MR) is 81.4 cm³/mol. The van der Waals surface area contributed by atoms with Crippen molar-refractivity contribution in [3.05, 3.63) is 51.9 Å². The lowest BCUT2D eigenvalue weighted by Crippen LogP contribution is -2.38. The molecule has 1 aliphatic rings. The zero-order valence-electron chi connectivity index (χ0n) is 12.6. The molecule has 1 fully saturated rings. The van der Waals surface area contributed by atoms with Crippen LogP contribution in [0.4, 0.5) is 4.39 Å². The van der Waals surface area contributed by atoms with Crippen LogP contribution < -0.4 is 0 Å². The Labute approximate surface area is 133 Å². The van der Waals surface area contributed by atoms with Crippen LogP contribution in [0.15, 0.2) is 22.6 Å². The topological polar surface area (TPSA) is 38.5 Å². The van der Waals surface area contributed by atoms with E-state index in [0.29, 0.717) is 30.6 Å². The van der Waals surface area contributed by atoms with Crippen LogP contribution in [0.2, 0.25) is 5.02 Å². The first-order valence-electron chi connectivity index (χ1n) is 7.24. The summed E-state index contributed by atoms with van der Waals surface area (Å²) in [5.74, 6) is 1.19. The molecule has 1 saturated heterocycles. The first-order chi connectivity index (χ1) is 10.5. The van der Waals surface area contributed by atoms with E-state index in [1.165, 1.54) is 12.1 Å². The summed E-state index contributed by atoms with van der Waals surface area (Å²) in [4.78, 5) is 6.65. The van der Waals surface area contributed by atoms with Crippen molar-refractivity contribution in [1.29, 1.82) is 0 Å². The molecule has 1 atom stereocenters. The van der Waals surface area contributed by atoms with Gasteiger partial charge in [0.05, 0.1) is 18.4 Å². The number of ether oxygens (including phenoxy) is 1. The van der Waals surface area contributed by atoms with E-state index >= 15 is 0 Å². The molecule has 1 unspecified atom stereocenters. The summed E-state index contributed by atoms with van der Waals surface area (Å²) >= 11 is 6.13. The minimum absolute atomic E-state index is 0.157. The van der Waals surface area contributed by atoms with E-state index in [9.17, 15) is 4.39 Å². The van der Waals surface area contributed by atoms with E-state index in [-0.39, 0.29) is 11.9 Å². The summed E-state index contributed by atoms with van der Waals surface area (Å²) in [6, 6.07) is 4.43. The number of nitrogens with zero attached hydrogens (tertiary/aromatic N) is 2. The molecular weight excluding hydrogens is 307 g/mol. The second-order valence-electron chi connectivity index (χ2n) is 5.50. The molecule has 0 saturated carbocycles. The number of benzene rings is 1. The Bertz CT molecular complexity index is 674. The lowest BCUT2D eigenvalue weighted by Gasteiger charge is -2.33. The molecule has 6 heteroatoms. The van der Waals surface area contributed by atoms with Gasteiger partial charge in [-0.15, -0.1) is 0 Å². The van der Waals surface area contributed by atoms with Gasteiger partial charge in [0.1, 0.15) is 11.6 Å². The number of rotatable bonds is 3. The van der Waals surface area contributed by atoms with Gasteiger partial charge < -0.3 is 9.15 Å². The third kappa shape index (κ3) is 3.32. The Morgan fingerprint density at radius 1 is 1.41 bits per heavy atom. The van der Waals surface area contributed by atoms with Crippen LogP contribution in [0.3, 0.4) is 0 Å². The summed E-state index contributed by atoms with van der Waals surface area (Å²) in [7, 11) is 0. The van der Waals surface area contributed by atoms with Crippen molar-refractivity contribution < 1.29 is 13.5 Å². The summed E-state index contributed by atoms with van der Waals surface area (Å²) in [6.07, 6.45) is -0.157. The maximum Gasteiger partial charge on any atom is 0.191 e. The fourth-order valence-electron chi connectivity index (χ4n) is 2.73. The molecule has 1 aromatic heterocycles. The number of morpholine rings is 1. The lowest BCUT2D eigenvalue weighted by molar-refractivity contribution is -0.0333. The first kappa shape index (κ1) is 15.5. The van der Waals surface area contributed by atoms with Crippen molar-refractivity contribution in [2.75, 3.05) is 19.7 Å². The Morgan fingerprint density at radius 3 is 2.91 bits per heavy atom. The first-order valence-corrected chi connectivity index (χ1v) is 7.62. The number of aryl methyl sites for hydroxylation is 2. The quantitative estimate of drug-likeness (QED) is 0.863. The van der Waals surface area contributed by atoms with Gasteiger partial charge in [-0.05, 0) is 19.1 Å². The molecular formula is C16H18ClFN2O2. The molecule has 2 aromatic rings. The number of hydrogen-bond donors (Lipinski definition) is 0. The average Bonchev–Trinajstić information content (AvgIpc) is 2.77. The van der Waals surface area contributed by atoms with Gasteiger partial charge >= 0.3 is 0 Å². The molecule has 0 spiro atoms. The van der Waals surface area contributed by atoms with E-state index < -0.39 is 0 Å². The monoisotopic (exact) mass is 324 g/mol. The fraction of sp³-hybridized carbons (Fsp3) is 0.438. The van der Waals surface area contributed by atoms with Gasteiger partial charge in [0, 0.05) is 37.1 Å². The maximum absolute atomic E-state index is 13.2. The third-order valence-corrected chi connectivity index (χ3v) is 4.16. The zero-order chi connectivity index (χ0) is 15.7. The van der Waals surface area contributed by atoms with Gasteiger partial charge in [0.25, 0.3) is 0 Å². The van der Waals surface area contributed by atoms with E-state index in [0.717, 1.165) is 23.6 Å². The van der Waals surface area contributed by atoms with Gasteiger partial charge in [-0.1, -0.05) is 17.7 Å². The van der Waals surface area contributed by atoms with Gasteiger partial charge in [0.2, 0.25) is 0 Å². The molecule has 2 heterocycles. The normalized spacial score (nSPS) is 19.5. The summed E-state index contributed by atoms with van der Waals surface area (Å²) in [6.45, 7) is 6.59. The standard InChI is InChI=1S/C16H18ClFN2O2/c1-10-15(19-11(2)22-10)8-20-5-6-21-16(9-20)13-4-3-12(18)7-14(13)17/h3-4,7,16H,5-6,8-9H2,1-2H3. The molecule has 118 valence electrons. The number of aromatic nitrogens is 1. The largest absolute Gasteiger partial charge is 0.446 e. The maximum atomic E-state index is 13.2. The van der Waals surface area contributed by atoms with Crippen molar-refractivity contribution in [1.82, 2.24) is 9.88 Å². The fourth-order valence-corrected chi connectivity index (χ4v) is 3.02. The van der Waals surface area contributed by atoms with E-state index in [1.807, 2.05) is 13.8 Å². The van der Waals surface area contributed by atoms with Gasteiger partial charge in [-0.2, -0.15) is 0 Å². The number of halogens is 2. The molecule has 1 aromatic carbocycles. The van der Waals surface area contributed by atoms with Crippen LogP contribution in [0.25, 0.3) is 0 Å². The van der Waals surface area contributed by atoms with Crippen LogP contribution in [0.1, 0.15) is 29.0 Å². The Kier molecular flexibility index (Phi) is 4.47. The average molecular weight is 325 g/mol. The lowest BCUT2D eigenvalue weighted by atomic mass is 10.1. The van der Waals surface area contributed by atoms with Crippen LogP contribution in [0.5, 0.6) is 0 Å². The molecule has 0 amide bonds. The Hall–Kier alpha value is -1.43. The van der Waals surface area contributed by atoms with Gasteiger partial charge in [0.15, 0.2) is 5.89 Å². The van der Waals surface area contributed by atoms with Crippen molar-refractivity contribution in [2.45, 2.75) is 26.5 Å². The molecule has 1 aliphatic heterocycles. The van der Waals surface area contributed by atoms with Crippen LogP contribution in [-0.2, 0) is 11.3 Å². The van der Waals surface area contributed by atoms with E-state index in [4.69, 9.17) is 20.8 Å². The van der Waals surface area contributed by atoms with E-state index in [1.54, 1.807) is 6.07 Å². The molecule has 3 rings (SSSR count). The molecule has 0 aliphatic carbocycles. The van der Waals surface area contributed by atoms with Crippen LogP contribution in [0, 0.1) is 19.7 Å². The Balaban J connectivity index is 1.72. The van der Waals surface area contributed by atoms with Crippen molar-refractivity contribution in [3.8, 4) is 0 Å². The summed E-state index contributed by atoms with van der Waals surface area (Å²) in [5, 5.41) is 0.403. The minimum Gasteiger partial charge on any atom is -0.446 e. The highest BCUT2D eigenvalue weighted by atomic mass is 35.5. The highest BCUT2D eigenvalue weighted by Crippen LogP contribution is 2.29. The SMILES string of the molecule is Cc1nc(CN2CCOC(c3ccc(F)cc3Cl)C2)c(C)o1. The van der Waals surface area contributed by atoms with Gasteiger partial charge in [-0.3, -0.25) is 4.90 Å². The van der Waals surface area contributed by atoms with Crippen LogP contribution >= 0.6 is 11.6 Å². The second-order valence-corrected chi connectivity index (χ2v) is 5.90. The molecule has 0 N–H and O–H groups in total. The zero-order valence-corrected chi connectivity index (χ0v) is 13.4. The molecule has 0 radical (unpaired) electrons. The predicted octanol–water partition coefficient (Wildman–Crippen LogP) is 3.66. The van der Waals surface area contributed by atoms with Crippen molar-refractivity contribution in [2.24, 2.45) is 0 Å². The third-order valence-electron chi connectivity index (χ3n) is 3.83. The minimum atomic E-state index is -0.338. The smallest absolute Gasteiger partial charge is 0.191 e. The van der Waals surface area contributed by atoms with Crippen molar-refractivity contribution >= 4 is 11.6 Å². The number of hydrogen-bond acceptors (Lipinski definition) is 4. The van der Waals surface area contributed by atoms with E-state index in [2.05, 4.69) is 9.88 Å². The summed E-state index contributed by atoms with van der Waals surface area (Å²) < 4.78 is 24.4. The van der Waals surface area contributed by atoms with Crippen LogP contribution in [-0.4, -0.2) is 29.6 Å². The molecule has 0 bridgehead atoms. The highest BCUT2D eigenvalue weighted by Gasteiger charge is 2.25. The summed E-state index contributed by atoms with van der Waals surface area (Å²) in [5.41, 5.74) is 1.77. The highest BCUT2D eigenvalue weighted by molar-refractivity contribution is 6.31. The molecule has 4 nitrogen and oxygen atoms in total. The number of oxazole rings is 1. The van der Waals surface area contributed by atoms with Crippen molar-refractivity contribution in [3.63, 3.8) is 0 Å². The second kappa shape index (κ2) is 6.36. The molecule has 22 heavy (non-hydrogen) atoms.